The minimum atomic E-state index is -2.63. The summed E-state index contributed by atoms with van der Waals surface area (Å²) in [6.45, 7) is 12.6. The molecule has 1 saturated heterocycles. The molecule has 1 aliphatic carbocycles. The van der Waals surface area contributed by atoms with Crippen LogP contribution in [0.4, 0.5) is 4.39 Å². The van der Waals surface area contributed by atoms with Crippen molar-refractivity contribution >= 4 is 35.1 Å². The number of carbonyl (C=O) groups excluding carboxylic acids is 1. The zero-order chi connectivity index (χ0) is 43.4. The van der Waals surface area contributed by atoms with E-state index < -0.39 is 30.8 Å². The molecular weight excluding hydrogens is 811 g/mol. The summed E-state index contributed by atoms with van der Waals surface area (Å²) in [7, 11) is -2.63. The summed E-state index contributed by atoms with van der Waals surface area (Å²) in [6, 6.07) is 18.4. The number of hydrogen-bond donors (Lipinski definition) is 2. The SMILES string of the molecule is Cc1cc(-n2nc3c(c2-n2ccn(-c4cccc(P(C)(C)=O)c4)c2=O)[C@H](C)N(C(=O)c2cc4cc(C5CCOCC5)ccc4n2[C@@]2(C4=NC(O)ON4)C[C@@H]2C)CC3)cc(C)c1F. The van der Waals surface area contributed by atoms with E-state index in [4.69, 9.17) is 14.7 Å². The maximum absolute atomic E-state index is 15.5. The number of hydroxylamine groups is 1. The molecule has 3 aromatic carbocycles. The molecule has 14 nitrogen and oxygen atoms in total. The van der Waals surface area contributed by atoms with Gasteiger partial charge in [0.05, 0.1) is 23.1 Å². The van der Waals surface area contributed by atoms with Crippen molar-refractivity contribution in [3.63, 3.8) is 0 Å². The van der Waals surface area contributed by atoms with E-state index in [2.05, 4.69) is 40.2 Å². The highest BCUT2D eigenvalue weighted by Crippen LogP contribution is 2.54. The number of aliphatic hydroxyl groups is 1. The first kappa shape index (κ1) is 40.5. The maximum atomic E-state index is 15.5. The van der Waals surface area contributed by atoms with Gasteiger partial charge in [0.25, 0.3) is 12.3 Å². The number of fused-ring (bicyclic) bond motifs is 2. The lowest BCUT2D eigenvalue weighted by molar-refractivity contribution is -0.103. The molecule has 62 heavy (non-hydrogen) atoms. The fourth-order valence-electron chi connectivity index (χ4n) is 9.98. The number of nitrogens with zero attached hydrogens (tertiary/aromatic N) is 7. The van der Waals surface area contributed by atoms with Crippen molar-refractivity contribution in [2.75, 3.05) is 33.1 Å². The van der Waals surface area contributed by atoms with Crippen LogP contribution >= 0.6 is 7.14 Å². The Morgan fingerprint density at radius 2 is 1.71 bits per heavy atom. The molecule has 1 amide bonds. The number of aliphatic hydroxyl groups excluding tert-OH is 1. The van der Waals surface area contributed by atoms with Crippen LogP contribution in [-0.2, 0) is 26.1 Å². The normalized spacial score (nSPS) is 22.8. The van der Waals surface area contributed by atoms with Crippen LogP contribution in [0, 0.1) is 25.6 Å². The van der Waals surface area contributed by atoms with Crippen LogP contribution in [0.25, 0.3) is 28.1 Å². The van der Waals surface area contributed by atoms with Gasteiger partial charge in [0.15, 0.2) is 5.84 Å². The topological polar surface area (TPSA) is 150 Å². The largest absolute Gasteiger partial charge is 0.381 e. The van der Waals surface area contributed by atoms with E-state index in [1.807, 2.05) is 17.9 Å². The lowest BCUT2D eigenvalue weighted by Gasteiger charge is -2.34. The second-order valence-corrected chi connectivity index (χ2v) is 20.9. The third-order valence-electron chi connectivity index (χ3n) is 13.4. The monoisotopic (exact) mass is 860 g/mol. The Bertz CT molecular complexity index is 2930. The van der Waals surface area contributed by atoms with Gasteiger partial charge in [-0.1, -0.05) is 25.1 Å². The predicted octanol–water partition coefficient (Wildman–Crippen LogP) is 6.37. The van der Waals surface area contributed by atoms with Gasteiger partial charge in [-0.2, -0.15) is 5.10 Å². The number of aliphatic imine (C=N–C) groups is 1. The van der Waals surface area contributed by atoms with Crippen LogP contribution in [0.15, 0.2) is 82.8 Å². The number of imidazole rings is 1. The lowest BCUT2D eigenvalue weighted by Crippen LogP contribution is -2.43. The van der Waals surface area contributed by atoms with Gasteiger partial charge in [-0.3, -0.25) is 13.9 Å². The second kappa shape index (κ2) is 14.8. The first-order valence-corrected chi connectivity index (χ1v) is 23.8. The predicted molar refractivity (Wildman–Crippen MR) is 234 cm³/mol. The maximum Gasteiger partial charge on any atom is 0.338 e. The Hall–Kier alpha value is -5.60. The van der Waals surface area contributed by atoms with E-state index >= 15 is 9.18 Å². The molecule has 10 rings (SSSR count). The van der Waals surface area contributed by atoms with Crippen molar-refractivity contribution in [1.29, 1.82) is 0 Å². The van der Waals surface area contributed by atoms with Gasteiger partial charge >= 0.3 is 5.69 Å². The molecule has 1 unspecified atom stereocenters. The number of amidine groups is 1. The molecule has 16 heteroatoms. The molecule has 2 fully saturated rings. The number of hydrogen-bond acceptors (Lipinski definition) is 9. The zero-order valence-corrected chi connectivity index (χ0v) is 36.5. The van der Waals surface area contributed by atoms with Gasteiger partial charge in [0.1, 0.15) is 30.0 Å². The number of nitrogens with one attached hydrogen (secondary N) is 1. The number of ether oxygens (including phenoxy) is 1. The van der Waals surface area contributed by atoms with Gasteiger partial charge in [0, 0.05) is 60.3 Å². The molecule has 4 atom stereocenters. The third-order valence-corrected chi connectivity index (χ3v) is 15.0. The number of amides is 1. The Balaban J connectivity index is 1.12. The number of carbonyl (C=O) groups is 1. The molecule has 2 N–H and O–H groups in total. The van der Waals surface area contributed by atoms with Crippen molar-refractivity contribution in [1.82, 2.24) is 33.9 Å². The summed E-state index contributed by atoms with van der Waals surface area (Å²) < 4.78 is 40.6. The molecule has 6 heterocycles. The van der Waals surface area contributed by atoms with Crippen LogP contribution in [0.1, 0.15) is 83.5 Å². The first-order valence-electron chi connectivity index (χ1n) is 21.2. The minimum Gasteiger partial charge on any atom is -0.381 e. The Morgan fingerprint density at radius 3 is 2.39 bits per heavy atom. The van der Waals surface area contributed by atoms with Crippen molar-refractivity contribution in [3.8, 4) is 17.2 Å². The molecule has 4 aliphatic rings. The van der Waals surface area contributed by atoms with Gasteiger partial charge in [-0.05, 0) is 124 Å². The fraction of sp³-hybridized carbons (Fsp3) is 0.391. The van der Waals surface area contributed by atoms with Crippen LogP contribution in [0.2, 0.25) is 0 Å². The first-order chi connectivity index (χ1) is 29.6. The number of aromatic nitrogens is 5. The van der Waals surface area contributed by atoms with Gasteiger partial charge in [0.2, 0.25) is 0 Å². The van der Waals surface area contributed by atoms with E-state index in [1.54, 1.807) is 80.7 Å². The number of benzene rings is 3. The Kier molecular flexibility index (Phi) is 9.63. The highest BCUT2D eigenvalue weighted by molar-refractivity contribution is 7.70. The number of rotatable bonds is 8. The summed E-state index contributed by atoms with van der Waals surface area (Å²) >= 11 is 0. The smallest absolute Gasteiger partial charge is 0.338 e. The van der Waals surface area contributed by atoms with E-state index in [0.29, 0.717) is 89.2 Å². The van der Waals surface area contributed by atoms with Crippen molar-refractivity contribution in [2.24, 2.45) is 10.9 Å². The van der Waals surface area contributed by atoms with Crippen LogP contribution in [0.3, 0.4) is 0 Å². The van der Waals surface area contributed by atoms with E-state index in [9.17, 15) is 14.5 Å². The molecular formula is C46H50FN8O6P. The summed E-state index contributed by atoms with van der Waals surface area (Å²) in [5.41, 5.74) is 7.69. The fourth-order valence-corrected chi connectivity index (χ4v) is 10.9. The molecule has 1 saturated carbocycles. The average Bonchev–Trinajstić information content (AvgIpc) is 3.75. The zero-order valence-electron chi connectivity index (χ0n) is 35.6. The molecule has 0 radical (unpaired) electrons. The molecule has 6 aromatic rings. The van der Waals surface area contributed by atoms with Crippen LogP contribution in [-0.4, -0.2) is 84.7 Å². The van der Waals surface area contributed by atoms with Crippen molar-refractivity contribution in [2.45, 2.75) is 77.3 Å². The van der Waals surface area contributed by atoms with E-state index in [1.165, 1.54) is 14.7 Å². The van der Waals surface area contributed by atoms with Gasteiger partial charge in [-0.15, -0.1) is 0 Å². The number of aryl methyl sites for hydroxylation is 2. The van der Waals surface area contributed by atoms with Crippen LogP contribution in [0.5, 0.6) is 0 Å². The molecule has 322 valence electrons. The van der Waals surface area contributed by atoms with Gasteiger partial charge in [-0.25, -0.2) is 29.2 Å². The summed E-state index contributed by atoms with van der Waals surface area (Å²) in [4.78, 5) is 41.7. The van der Waals surface area contributed by atoms with Crippen molar-refractivity contribution in [3.05, 3.63) is 123 Å². The molecule has 0 spiro atoms. The standard InChI is InChI=1S/C46H50FN8O6P/c1-26-20-34(21-27(2)40(26)47)55-41(53-17-16-52(45(53)58)33-8-7-9-35(24-33)62(5,6)59)39-29(4)51(15-12-36(39)49-55)42(56)38-23-32-22-31(30-13-18-60-19-14-30)10-11-37(32)54(38)46(25-28(46)3)43-48-44(57)61-50-43/h7-11,16-17,20-24,28-30,44,57H,12-15,18-19,25H2,1-6H3,(H,48,50)/t28-,29-,44?,46-/m0/s1. The molecule has 3 aliphatic heterocycles. The molecule has 3 aromatic heterocycles. The highest BCUT2D eigenvalue weighted by Gasteiger charge is 2.60. The quantitative estimate of drug-likeness (QED) is 0.168. The molecule has 0 bridgehead atoms. The summed E-state index contributed by atoms with van der Waals surface area (Å²) in [6.07, 6.45) is 4.90. The summed E-state index contributed by atoms with van der Waals surface area (Å²) in [5, 5.41) is 17.0. The summed E-state index contributed by atoms with van der Waals surface area (Å²) in [5.74, 6) is 0.799. The van der Waals surface area contributed by atoms with E-state index in [0.717, 1.165) is 29.4 Å². The Labute approximate surface area is 357 Å². The van der Waals surface area contributed by atoms with Crippen molar-refractivity contribution < 1.29 is 28.4 Å². The average molecular weight is 861 g/mol. The lowest BCUT2D eigenvalue weighted by atomic mass is 9.91. The van der Waals surface area contributed by atoms with Gasteiger partial charge < -0.3 is 23.9 Å². The second-order valence-electron chi connectivity index (χ2n) is 17.7. The third kappa shape index (κ3) is 6.42. The van der Waals surface area contributed by atoms with E-state index in [-0.39, 0.29) is 17.6 Å². The minimum absolute atomic E-state index is 0.0657. The Morgan fingerprint density at radius 1 is 0.984 bits per heavy atom. The highest BCUT2D eigenvalue weighted by atomic mass is 31.2. The van der Waals surface area contributed by atoms with Crippen LogP contribution < -0.4 is 16.5 Å². The number of halogens is 1.